The third kappa shape index (κ3) is 2.04. The first-order valence-electron chi connectivity index (χ1n) is 4.39. The van der Waals surface area contributed by atoms with Crippen LogP contribution in [0.25, 0.3) is 0 Å². The lowest BCUT2D eigenvalue weighted by Crippen LogP contribution is -2.28. The van der Waals surface area contributed by atoms with Gasteiger partial charge in [-0.1, -0.05) is 0 Å². The smallest absolute Gasteiger partial charge is 0.129 e. The molecule has 0 saturated carbocycles. The van der Waals surface area contributed by atoms with Crippen molar-refractivity contribution in [2.24, 2.45) is 5.73 Å². The fraction of sp³-hybridized carbons (Fsp3) is 0.400. The average molecular weight is 220 g/mol. The lowest BCUT2D eigenvalue weighted by atomic mass is 9.88. The van der Waals surface area contributed by atoms with Gasteiger partial charge in [-0.2, -0.15) is 0 Å². The van der Waals surface area contributed by atoms with Crippen molar-refractivity contribution in [2.45, 2.75) is 25.3 Å². The van der Waals surface area contributed by atoms with Crippen LogP contribution in [0.2, 0.25) is 0 Å². The summed E-state index contributed by atoms with van der Waals surface area (Å²) in [4.78, 5) is 0. The van der Waals surface area contributed by atoms with Crippen molar-refractivity contribution in [3.8, 4) is 0 Å². The van der Waals surface area contributed by atoms with E-state index in [1.54, 1.807) is 0 Å². The Bertz CT molecular complexity index is 341. The van der Waals surface area contributed by atoms with E-state index in [4.69, 9.17) is 5.73 Å². The largest absolute Gasteiger partial charge is 0.327 e. The Hall–Kier alpha value is -0.670. The molecular weight excluding hydrogens is 208 g/mol. The molecule has 14 heavy (non-hydrogen) atoms. The van der Waals surface area contributed by atoms with Crippen LogP contribution < -0.4 is 5.73 Å². The average Bonchev–Trinajstić information content (AvgIpc) is 2.02. The third-order valence-corrected chi connectivity index (χ3v) is 2.50. The molecule has 0 bridgehead atoms. The summed E-state index contributed by atoms with van der Waals surface area (Å²) in [7, 11) is 0. The van der Waals surface area contributed by atoms with E-state index in [-0.39, 0.29) is 18.4 Å². The van der Waals surface area contributed by atoms with Crippen LogP contribution in [0.5, 0.6) is 0 Å². The molecule has 1 aromatic rings. The van der Waals surface area contributed by atoms with E-state index in [1.165, 1.54) is 6.07 Å². The zero-order valence-electron chi connectivity index (χ0n) is 7.59. The highest BCUT2D eigenvalue weighted by atomic mass is 35.5. The molecule has 0 saturated heterocycles. The summed E-state index contributed by atoms with van der Waals surface area (Å²) in [6.45, 7) is 0. The molecule has 0 radical (unpaired) electrons. The van der Waals surface area contributed by atoms with Gasteiger partial charge >= 0.3 is 0 Å². The van der Waals surface area contributed by atoms with Crippen molar-refractivity contribution in [2.75, 3.05) is 0 Å². The van der Waals surface area contributed by atoms with Crippen LogP contribution in [0.3, 0.4) is 0 Å². The summed E-state index contributed by atoms with van der Waals surface area (Å²) < 4.78 is 26.0. The normalized spacial score (nSPS) is 19.8. The van der Waals surface area contributed by atoms with E-state index in [0.717, 1.165) is 18.1 Å². The van der Waals surface area contributed by atoms with Crippen LogP contribution in [0.4, 0.5) is 8.78 Å². The monoisotopic (exact) mass is 219 g/mol. The lowest BCUT2D eigenvalue weighted by Gasteiger charge is -2.21. The molecule has 1 aliphatic rings. The zero-order valence-corrected chi connectivity index (χ0v) is 8.41. The van der Waals surface area contributed by atoms with Gasteiger partial charge in [-0.25, -0.2) is 8.78 Å². The van der Waals surface area contributed by atoms with Gasteiger partial charge in [-0.3, -0.25) is 0 Å². The van der Waals surface area contributed by atoms with E-state index in [1.807, 2.05) is 0 Å². The molecule has 0 fully saturated rings. The maximum absolute atomic E-state index is 13.2. The summed E-state index contributed by atoms with van der Waals surface area (Å²) in [5.41, 5.74) is 7.08. The molecular formula is C10H12ClF2N. The first kappa shape index (κ1) is 11.4. The second-order valence-corrected chi connectivity index (χ2v) is 3.53. The van der Waals surface area contributed by atoms with E-state index >= 15 is 0 Å². The molecule has 0 aromatic heterocycles. The summed E-state index contributed by atoms with van der Waals surface area (Å²) in [6, 6.07) is 2.38. The molecule has 4 heteroatoms. The molecule has 1 aromatic carbocycles. The first-order valence-corrected chi connectivity index (χ1v) is 4.39. The SMILES string of the molecule is Cl.N[C@H]1CCc2c(F)cc(F)cc2C1. The summed E-state index contributed by atoms with van der Waals surface area (Å²) in [5.74, 6) is -0.938. The second-order valence-electron chi connectivity index (χ2n) is 3.53. The van der Waals surface area contributed by atoms with Crippen LogP contribution in [-0.2, 0) is 12.8 Å². The van der Waals surface area contributed by atoms with Gasteiger partial charge in [0.1, 0.15) is 11.6 Å². The number of fused-ring (bicyclic) bond motifs is 1. The van der Waals surface area contributed by atoms with Gasteiger partial charge in [-0.15, -0.1) is 12.4 Å². The minimum Gasteiger partial charge on any atom is -0.327 e. The van der Waals surface area contributed by atoms with E-state index in [2.05, 4.69) is 0 Å². The molecule has 2 rings (SSSR count). The third-order valence-electron chi connectivity index (χ3n) is 2.50. The van der Waals surface area contributed by atoms with Crippen LogP contribution in [0.15, 0.2) is 12.1 Å². The fourth-order valence-corrected chi connectivity index (χ4v) is 1.83. The predicted octanol–water partition coefficient (Wildman–Crippen LogP) is 2.20. The molecule has 1 aliphatic carbocycles. The standard InChI is InChI=1S/C10H11F2N.ClH/c11-7-3-6-4-8(13)1-2-9(6)10(12)5-7;/h3,5,8H,1-2,4,13H2;1H/t8-;/m0./s1. The molecule has 0 aliphatic heterocycles. The minimum absolute atomic E-state index is 0. The van der Waals surface area contributed by atoms with Gasteiger partial charge in [0.05, 0.1) is 0 Å². The van der Waals surface area contributed by atoms with Crippen molar-refractivity contribution in [3.63, 3.8) is 0 Å². The molecule has 1 atom stereocenters. The molecule has 0 unspecified atom stereocenters. The molecule has 2 N–H and O–H groups in total. The first-order chi connectivity index (χ1) is 6.16. The summed E-state index contributed by atoms with van der Waals surface area (Å²) in [5, 5.41) is 0. The fourth-order valence-electron chi connectivity index (χ4n) is 1.83. The van der Waals surface area contributed by atoms with Crippen molar-refractivity contribution in [3.05, 3.63) is 34.9 Å². The van der Waals surface area contributed by atoms with Crippen molar-refractivity contribution in [1.82, 2.24) is 0 Å². The van der Waals surface area contributed by atoms with Crippen LogP contribution in [0, 0.1) is 11.6 Å². The highest BCUT2D eigenvalue weighted by Crippen LogP contribution is 2.24. The van der Waals surface area contributed by atoms with Crippen LogP contribution in [-0.4, -0.2) is 6.04 Å². The van der Waals surface area contributed by atoms with Crippen molar-refractivity contribution < 1.29 is 8.78 Å². The molecule has 1 nitrogen and oxygen atoms in total. The Morgan fingerprint density at radius 1 is 1.29 bits per heavy atom. The van der Waals surface area contributed by atoms with Gasteiger partial charge in [0.15, 0.2) is 0 Å². The van der Waals surface area contributed by atoms with Crippen LogP contribution >= 0.6 is 12.4 Å². The molecule has 0 spiro atoms. The number of rotatable bonds is 0. The van der Waals surface area contributed by atoms with Gasteiger partial charge in [0.25, 0.3) is 0 Å². The van der Waals surface area contributed by atoms with E-state index in [9.17, 15) is 8.78 Å². The number of nitrogens with two attached hydrogens (primary N) is 1. The Morgan fingerprint density at radius 2 is 2.00 bits per heavy atom. The van der Waals surface area contributed by atoms with Crippen LogP contribution in [0.1, 0.15) is 17.5 Å². The predicted molar refractivity (Wildman–Crippen MR) is 53.6 cm³/mol. The van der Waals surface area contributed by atoms with Gasteiger partial charge in [0.2, 0.25) is 0 Å². The van der Waals surface area contributed by atoms with Gasteiger partial charge < -0.3 is 5.73 Å². The number of hydrogen-bond acceptors (Lipinski definition) is 1. The van der Waals surface area contributed by atoms with Gasteiger partial charge in [-0.05, 0) is 36.5 Å². The van der Waals surface area contributed by atoms with Crippen molar-refractivity contribution in [1.29, 1.82) is 0 Å². The van der Waals surface area contributed by atoms with Gasteiger partial charge in [0, 0.05) is 12.1 Å². The minimum atomic E-state index is -0.509. The zero-order chi connectivity index (χ0) is 9.42. The maximum Gasteiger partial charge on any atom is 0.129 e. The lowest BCUT2D eigenvalue weighted by molar-refractivity contribution is 0.520. The number of halogens is 3. The van der Waals surface area contributed by atoms with E-state index < -0.39 is 11.6 Å². The number of benzene rings is 1. The van der Waals surface area contributed by atoms with Crippen molar-refractivity contribution >= 4 is 12.4 Å². The highest BCUT2D eigenvalue weighted by molar-refractivity contribution is 5.85. The summed E-state index contributed by atoms with van der Waals surface area (Å²) in [6.07, 6.45) is 2.00. The Morgan fingerprint density at radius 3 is 2.71 bits per heavy atom. The highest BCUT2D eigenvalue weighted by Gasteiger charge is 2.19. The Balaban J connectivity index is 0.000000980. The Kier molecular flexibility index (Phi) is 3.45. The molecule has 78 valence electrons. The topological polar surface area (TPSA) is 26.0 Å². The quantitative estimate of drug-likeness (QED) is 0.711. The Labute approximate surface area is 87.7 Å². The summed E-state index contributed by atoms with van der Waals surface area (Å²) >= 11 is 0. The van der Waals surface area contributed by atoms with E-state index in [0.29, 0.717) is 18.4 Å². The second kappa shape index (κ2) is 4.24. The number of hydrogen-bond donors (Lipinski definition) is 1. The molecule has 0 amide bonds. The maximum atomic E-state index is 13.2. The molecule has 0 heterocycles.